The topological polar surface area (TPSA) is 95.1 Å². The lowest BCUT2D eigenvalue weighted by atomic mass is 10.1. The normalized spacial score (nSPS) is 14.7. The minimum absolute atomic E-state index is 0.186. The number of hydrogen-bond donors (Lipinski definition) is 1. The maximum Gasteiger partial charge on any atom is 0.275 e. The Morgan fingerprint density at radius 1 is 1.04 bits per heavy atom. The number of benzene rings is 1. The standard InChI is InChI=1S/C17H15BrN6O2/c18-11-9-19-17(20-10-11)24-7-5-23(6-8-24)16(26)14-12-3-1-2-4-13(12)15(25)22-21-14/h1-4,9-10H,5-8H2,(H,22,25). The molecule has 1 aromatic carbocycles. The molecule has 9 heteroatoms. The van der Waals surface area contributed by atoms with Gasteiger partial charge in [-0.1, -0.05) is 18.2 Å². The summed E-state index contributed by atoms with van der Waals surface area (Å²) in [4.78, 5) is 37.1. The largest absolute Gasteiger partial charge is 0.337 e. The molecule has 132 valence electrons. The van der Waals surface area contributed by atoms with Crippen LogP contribution in [0.2, 0.25) is 0 Å². The molecule has 0 aliphatic carbocycles. The first-order valence-electron chi connectivity index (χ1n) is 8.12. The van der Waals surface area contributed by atoms with Crippen LogP contribution in [0.25, 0.3) is 10.8 Å². The van der Waals surface area contributed by atoms with Crippen LogP contribution < -0.4 is 10.5 Å². The predicted molar refractivity (Wildman–Crippen MR) is 100 cm³/mol. The quantitative estimate of drug-likeness (QED) is 0.681. The van der Waals surface area contributed by atoms with Crippen LogP contribution in [0, 0.1) is 0 Å². The van der Waals surface area contributed by atoms with Crippen LogP contribution >= 0.6 is 15.9 Å². The van der Waals surface area contributed by atoms with Gasteiger partial charge >= 0.3 is 0 Å². The van der Waals surface area contributed by atoms with Gasteiger partial charge in [0.1, 0.15) is 0 Å². The highest BCUT2D eigenvalue weighted by molar-refractivity contribution is 9.10. The summed E-state index contributed by atoms with van der Waals surface area (Å²) in [7, 11) is 0. The molecule has 1 saturated heterocycles. The molecule has 1 fully saturated rings. The Morgan fingerprint density at radius 2 is 1.69 bits per heavy atom. The van der Waals surface area contributed by atoms with Gasteiger partial charge in [-0.2, -0.15) is 5.10 Å². The lowest BCUT2D eigenvalue weighted by Gasteiger charge is -2.34. The van der Waals surface area contributed by atoms with Crippen molar-refractivity contribution in [3.05, 3.63) is 57.2 Å². The number of fused-ring (bicyclic) bond motifs is 1. The van der Waals surface area contributed by atoms with Gasteiger partial charge < -0.3 is 9.80 Å². The van der Waals surface area contributed by atoms with Crippen molar-refractivity contribution < 1.29 is 4.79 Å². The Balaban J connectivity index is 1.53. The van der Waals surface area contributed by atoms with E-state index in [1.165, 1.54) is 0 Å². The van der Waals surface area contributed by atoms with Crippen LogP contribution in [0.15, 0.2) is 45.9 Å². The fraction of sp³-hybridized carbons (Fsp3) is 0.235. The molecule has 1 N–H and O–H groups in total. The van der Waals surface area contributed by atoms with Crippen molar-refractivity contribution in [2.45, 2.75) is 0 Å². The van der Waals surface area contributed by atoms with Crippen molar-refractivity contribution in [2.75, 3.05) is 31.1 Å². The smallest absolute Gasteiger partial charge is 0.275 e. The minimum atomic E-state index is -0.297. The Morgan fingerprint density at radius 3 is 2.38 bits per heavy atom. The molecular formula is C17H15BrN6O2. The molecule has 0 unspecified atom stereocenters. The summed E-state index contributed by atoms with van der Waals surface area (Å²) < 4.78 is 0.825. The average molecular weight is 415 g/mol. The Kier molecular flexibility index (Phi) is 4.37. The SMILES string of the molecule is O=C(c1n[nH]c(=O)c2ccccc12)N1CCN(c2ncc(Br)cn2)CC1. The molecule has 3 heterocycles. The molecule has 1 aliphatic heterocycles. The van der Waals surface area contributed by atoms with E-state index in [0.717, 1.165) is 4.47 Å². The van der Waals surface area contributed by atoms with E-state index in [4.69, 9.17) is 0 Å². The maximum absolute atomic E-state index is 12.9. The zero-order chi connectivity index (χ0) is 18.1. The number of piperazine rings is 1. The van der Waals surface area contributed by atoms with E-state index in [2.05, 4.69) is 36.1 Å². The van der Waals surface area contributed by atoms with Crippen molar-refractivity contribution in [3.63, 3.8) is 0 Å². The summed E-state index contributed by atoms with van der Waals surface area (Å²) in [5, 5.41) is 7.45. The van der Waals surface area contributed by atoms with Crippen LogP contribution in [-0.2, 0) is 0 Å². The summed E-state index contributed by atoms with van der Waals surface area (Å²) >= 11 is 3.32. The van der Waals surface area contributed by atoms with Gasteiger partial charge in [0.15, 0.2) is 5.69 Å². The zero-order valence-electron chi connectivity index (χ0n) is 13.7. The second kappa shape index (κ2) is 6.83. The molecule has 2 aromatic heterocycles. The second-order valence-corrected chi connectivity index (χ2v) is 6.84. The highest BCUT2D eigenvalue weighted by Crippen LogP contribution is 2.17. The fourth-order valence-electron chi connectivity index (χ4n) is 3.01. The van der Waals surface area contributed by atoms with Gasteiger partial charge in [0.2, 0.25) is 5.95 Å². The molecule has 0 radical (unpaired) electrons. The van der Waals surface area contributed by atoms with E-state index in [-0.39, 0.29) is 17.2 Å². The number of nitrogens with zero attached hydrogens (tertiary/aromatic N) is 5. The van der Waals surface area contributed by atoms with E-state index >= 15 is 0 Å². The number of halogens is 1. The number of amides is 1. The van der Waals surface area contributed by atoms with E-state index in [9.17, 15) is 9.59 Å². The van der Waals surface area contributed by atoms with E-state index in [1.54, 1.807) is 41.6 Å². The monoisotopic (exact) mass is 414 g/mol. The van der Waals surface area contributed by atoms with Crippen molar-refractivity contribution >= 4 is 38.6 Å². The van der Waals surface area contributed by atoms with Crippen LogP contribution in [-0.4, -0.2) is 57.2 Å². The van der Waals surface area contributed by atoms with Gasteiger partial charge in [-0.05, 0) is 22.0 Å². The number of anilines is 1. The number of rotatable bonds is 2. The molecule has 0 bridgehead atoms. The van der Waals surface area contributed by atoms with Gasteiger partial charge in [0, 0.05) is 44.0 Å². The zero-order valence-corrected chi connectivity index (χ0v) is 15.3. The first-order valence-corrected chi connectivity index (χ1v) is 8.92. The van der Waals surface area contributed by atoms with E-state index in [1.807, 2.05) is 4.90 Å². The number of carbonyl (C=O) groups excluding carboxylic acids is 1. The number of nitrogens with one attached hydrogen (secondary N) is 1. The molecule has 0 atom stereocenters. The van der Waals surface area contributed by atoms with Crippen LogP contribution in [0.5, 0.6) is 0 Å². The number of aromatic amines is 1. The molecule has 3 aromatic rings. The summed E-state index contributed by atoms with van der Waals surface area (Å²) in [6, 6.07) is 7.00. The first-order chi connectivity index (χ1) is 12.6. The Hall–Kier alpha value is -2.81. The number of hydrogen-bond acceptors (Lipinski definition) is 6. The Labute approximate surface area is 157 Å². The highest BCUT2D eigenvalue weighted by atomic mass is 79.9. The average Bonchev–Trinajstić information content (AvgIpc) is 2.69. The summed E-state index contributed by atoms with van der Waals surface area (Å²) in [5.41, 5.74) is -0.0251. The highest BCUT2D eigenvalue weighted by Gasteiger charge is 2.25. The van der Waals surface area contributed by atoms with Gasteiger partial charge in [0.25, 0.3) is 11.5 Å². The lowest BCUT2D eigenvalue weighted by molar-refractivity contribution is 0.0741. The van der Waals surface area contributed by atoms with Crippen molar-refractivity contribution in [1.29, 1.82) is 0 Å². The van der Waals surface area contributed by atoms with Gasteiger partial charge in [-0.25, -0.2) is 15.1 Å². The van der Waals surface area contributed by atoms with E-state index in [0.29, 0.717) is 42.9 Å². The van der Waals surface area contributed by atoms with Gasteiger partial charge in [0.05, 0.1) is 9.86 Å². The van der Waals surface area contributed by atoms with Gasteiger partial charge in [-0.3, -0.25) is 9.59 Å². The first kappa shape index (κ1) is 16.6. The van der Waals surface area contributed by atoms with Crippen molar-refractivity contribution in [2.24, 2.45) is 0 Å². The molecule has 1 aliphatic rings. The van der Waals surface area contributed by atoms with Crippen molar-refractivity contribution in [3.8, 4) is 0 Å². The molecule has 4 rings (SSSR count). The molecule has 1 amide bonds. The molecule has 26 heavy (non-hydrogen) atoms. The fourth-order valence-corrected chi connectivity index (χ4v) is 3.21. The number of carbonyl (C=O) groups is 1. The number of H-pyrrole nitrogens is 1. The number of aromatic nitrogens is 4. The third kappa shape index (κ3) is 3.05. The lowest BCUT2D eigenvalue weighted by Crippen LogP contribution is -2.49. The molecular weight excluding hydrogens is 400 g/mol. The van der Waals surface area contributed by atoms with Crippen LogP contribution in [0.3, 0.4) is 0 Å². The van der Waals surface area contributed by atoms with E-state index < -0.39 is 0 Å². The van der Waals surface area contributed by atoms with Gasteiger partial charge in [-0.15, -0.1) is 0 Å². The van der Waals surface area contributed by atoms with Crippen LogP contribution in [0.4, 0.5) is 5.95 Å². The predicted octanol–water partition coefficient (Wildman–Crippen LogP) is 1.44. The summed E-state index contributed by atoms with van der Waals surface area (Å²) in [6.45, 7) is 2.34. The maximum atomic E-state index is 12.9. The minimum Gasteiger partial charge on any atom is -0.337 e. The summed E-state index contributed by atoms with van der Waals surface area (Å²) in [5.74, 6) is 0.460. The third-order valence-electron chi connectivity index (χ3n) is 4.36. The van der Waals surface area contributed by atoms with Crippen LogP contribution in [0.1, 0.15) is 10.5 Å². The third-order valence-corrected chi connectivity index (χ3v) is 4.76. The Bertz CT molecular complexity index is 1010. The molecule has 0 spiro atoms. The van der Waals surface area contributed by atoms with Crippen molar-refractivity contribution in [1.82, 2.24) is 25.1 Å². The summed E-state index contributed by atoms with van der Waals surface area (Å²) in [6.07, 6.45) is 3.41. The molecule has 0 saturated carbocycles. The molecule has 8 nitrogen and oxygen atoms in total. The second-order valence-electron chi connectivity index (χ2n) is 5.93.